The highest BCUT2D eigenvalue weighted by atomic mass is 16.5. The van der Waals surface area contributed by atoms with Gasteiger partial charge in [0, 0.05) is 12.8 Å². The van der Waals surface area contributed by atoms with Crippen molar-refractivity contribution in [3.63, 3.8) is 0 Å². The Balaban J connectivity index is 3.74. The zero-order valence-corrected chi connectivity index (χ0v) is 12.2. The first kappa shape index (κ1) is 17.1. The second-order valence-corrected chi connectivity index (χ2v) is 4.97. The summed E-state index contributed by atoms with van der Waals surface area (Å²) in [6.45, 7) is 6.12. The van der Waals surface area contributed by atoms with Gasteiger partial charge in [-0.05, 0) is 26.2 Å². The van der Waals surface area contributed by atoms with Crippen LogP contribution in [-0.2, 0) is 14.3 Å². The lowest BCUT2D eigenvalue weighted by Crippen LogP contribution is -2.07. The minimum atomic E-state index is -0.103. The van der Waals surface area contributed by atoms with Crippen molar-refractivity contribution in [1.82, 2.24) is 0 Å². The SMILES string of the molecule is CCCCC(CCCCC(=O)OCC)CC(C)=O. The van der Waals surface area contributed by atoms with Crippen LogP contribution in [0.5, 0.6) is 0 Å². The zero-order chi connectivity index (χ0) is 13.8. The highest BCUT2D eigenvalue weighted by molar-refractivity contribution is 5.75. The maximum atomic E-state index is 11.2. The van der Waals surface area contributed by atoms with Crippen LogP contribution < -0.4 is 0 Å². The van der Waals surface area contributed by atoms with Crippen molar-refractivity contribution < 1.29 is 14.3 Å². The summed E-state index contributed by atoms with van der Waals surface area (Å²) in [5.74, 6) is 0.681. The number of Topliss-reactive ketones (excluding diaryl/α,β-unsaturated/α-hetero) is 1. The van der Waals surface area contributed by atoms with Gasteiger partial charge in [-0.3, -0.25) is 4.79 Å². The molecule has 106 valence electrons. The number of esters is 1. The van der Waals surface area contributed by atoms with Crippen LogP contribution in [0, 0.1) is 5.92 Å². The smallest absolute Gasteiger partial charge is 0.305 e. The maximum Gasteiger partial charge on any atom is 0.305 e. The monoisotopic (exact) mass is 256 g/mol. The number of hydrogen-bond acceptors (Lipinski definition) is 3. The lowest BCUT2D eigenvalue weighted by molar-refractivity contribution is -0.143. The van der Waals surface area contributed by atoms with Gasteiger partial charge in [-0.2, -0.15) is 0 Å². The Bertz CT molecular complexity index is 236. The molecule has 0 bridgehead atoms. The van der Waals surface area contributed by atoms with Gasteiger partial charge in [0.05, 0.1) is 6.61 Å². The summed E-state index contributed by atoms with van der Waals surface area (Å²) < 4.78 is 4.89. The number of ether oxygens (including phenoxy) is 1. The van der Waals surface area contributed by atoms with Crippen molar-refractivity contribution in [2.75, 3.05) is 6.61 Å². The first-order chi connectivity index (χ1) is 8.60. The Hall–Kier alpha value is -0.860. The fourth-order valence-electron chi connectivity index (χ4n) is 2.18. The summed E-state index contributed by atoms with van der Waals surface area (Å²) in [6.07, 6.45) is 7.65. The Morgan fingerprint density at radius 1 is 1.06 bits per heavy atom. The molecule has 1 atom stereocenters. The molecule has 0 saturated heterocycles. The normalized spacial score (nSPS) is 12.2. The molecular weight excluding hydrogens is 228 g/mol. The molecule has 0 rings (SSSR count). The predicted octanol–water partition coefficient (Wildman–Crippen LogP) is 3.90. The van der Waals surface area contributed by atoms with Gasteiger partial charge in [0.15, 0.2) is 0 Å². The molecule has 0 spiro atoms. The Labute approximate surface area is 111 Å². The van der Waals surface area contributed by atoms with Crippen molar-refractivity contribution in [2.45, 2.75) is 72.1 Å². The summed E-state index contributed by atoms with van der Waals surface area (Å²) in [4.78, 5) is 22.3. The molecule has 1 unspecified atom stereocenters. The summed E-state index contributed by atoms with van der Waals surface area (Å²) in [6, 6.07) is 0. The number of carbonyl (C=O) groups is 2. The van der Waals surface area contributed by atoms with E-state index < -0.39 is 0 Å². The molecule has 0 aromatic rings. The minimum absolute atomic E-state index is 0.103. The van der Waals surface area contributed by atoms with E-state index in [0.29, 0.717) is 25.4 Å². The van der Waals surface area contributed by atoms with Crippen molar-refractivity contribution in [3.05, 3.63) is 0 Å². The summed E-state index contributed by atoms with van der Waals surface area (Å²) >= 11 is 0. The number of ketones is 1. The zero-order valence-electron chi connectivity index (χ0n) is 12.2. The molecule has 0 saturated carbocycles. The predicted molar refractivity (Wildman–Crippen MR) is 73.4 cm³/mol. The van der Waals surface area contributed by atoms with Gasteiger partial charge in [-0.25, -0.2) is 0 Å². The van der Waals surface area contributed by atoms with Crippen LogP contribution >= 0.6 is 0 Å². The second-order valence-electron chi connectivity index (χ2n) is 4.97. The minimum Gasteiger partial charge on any atom is -0.466 e. The number of carbonyl (C=O) groups excluding carboxylic acids is 2. The average Bonchev–Trinajstić information content (AvgIpc) is 2.31. The second kappa shape index (κ2) is 11.2. The van der Waals surface area contributed by atoms with Crippen LogP contribution in [0.2, 0.25) is 0 Å². The molecule has 18 heavy (non-hydrogen) atoms. The van der Waals surface area contributed by atoms with Crippen molar-refractivity contribution in [1.29, 1.82) is 0 Å². The van der Waals surface area contributed by atoms with Gasteiger partial charge in [-0.1, -0.05) is 39.0 Å². The van der Waals surface area contributed by atoms with Gasteiger partial charge in [0.2, 0.25) is 0 Å². The average molecular weight is 256 g/mol. The fraction of sp³-hybridized carbons (Fsp3) is 0.867. The van der Waals surface area contributed by atoms with Gasteiger partial charge in [-0.15, -0.1) is 0 Å². The maximum absolute atomic E-state index is 11.2. The highest BCUT2D eigenvalue weighted by Crippen LogP contribution is 2.20. The van der Waals surface area contributed by atoms with Crippen LogP contribution in [0.1, 0.15) is 72.1 Å². The largest absolute Gasteiger partial charge is 0.466 e. The van der Waals surface area contributed by atoms with E-state index in [9.17, 15) is 9.59 Å². The van der Waals surface area contributed by atoms with E-state index in [1.165, 1.54) is 12.8 Å². The third-order valence-corrected chi connectivity index (χ3v) is 3.09. The standard InChI is InChI=1S/C15H28O3/c1-4-6-9-14(12-13(3)16)10-7-8-11-15(17)18-5-2/h14H,4-12H2,1-3H3. The first-order valence-corrected chi connectivity index (χ1v) is 7.25. The molecule has 0 aliphatic heterocycles. The van der Waals surface area contributed by atoms with E-state index in [0.717, 1.165) is 25.7 Å². The van der Waals surface area contributed by atoms with E-state index in [1.54, 1.807) is 6.92 Å². The van der Waals surface area contributed by atoms with Crippen molar-refractivity contribution >= 4 is 11.8 Å². The number of hydrogen-bond donors (Lipinski definition) is 0. The molecule has 0 aliphatic rings. The van der Waals surface area contributed by atoms with Crippen LogP contribution in [-0.4, -0.2) is 18.4 Å². The van der Waals surface area contributed by atoms with Gasteiger partial charge >= 0.3 is 5.97 Å². The Morgan fingerprint density at radius 3 is 2.28 bits per heavy atom. The van der Waals surface area contributed by atoms with Gasteiger partial charge in [0.1, 0.15) is 5.78 Å². The number of rotatable bonds is 11. The molecule has 0 amide bonds. The Morgan fingerprint density at radius 2 is 1.72 bits per heavy atom. The fourth-order valence-corrected chi connectivity index (χ4v) is 2.18. The molecule has 0 N–H and O–H groups in total. The van der Waals surface area contributed by atoms with Gasteiger partial charge in [0.25, 0.3) is 0 Å². The molecule has 3 heteroatoms. The molecule has 0 heterocycles. The molecule has 0 aliphatic carbocycles. The molecule has 0 radical (unpaired) electrons. The summed E-state index contributed by atoms with van der Waals surface area (Å²) in [5, 5.41) is 0. The topological polar surface area (TPSA) is 43.4 Å². The van der Waals surface area contributed by atoms with Crippen molar-refractivity contribution in [2.24, 2.45) is 5.92 Å². The number of unbranched alkanes of at least 4 members (excludes halogenated alkanes) is 2. The first-order valence-electron chi connectivity index (χ1n) is 7.25. The molecule has 3 nitrogen and oxygen atoms in total. The molecule has 0 fully saturated rings. The third kappa shape index (κ3) is 10.3. The van der Waals surface area contributed by atoms with E-state index >= 15 is 0 Å². The van der Waals surface area contributed by atoms with E-state index in [4.69, 9.17) is 4.74 Å². The quantitative estimate of drug-likeness (QED) is 0.416. The van der Waals surface area contributed by atoms with Crippen LogP contribution in [0.4, 0.5) is 0 Å². The van der Waals surface area contributed by atoms with Gasteiger partial charge < -0.3 is 9.53 Å². The lowest BCUT2D eigenvalue weighted by Gasteiger charge is -2.14. The third-order valence-electron chi connectivity index (χ3n) is 3.09. The molecule has 0 aromatic carbocycles. The molecular formula is C15H28O3. The Kier molecular flexibility index (Phi) is 10.7. The summed E-state index contributed by atoms with van der Waals surface area (Å²) in [5.41, 5.74) is 0. The van der Waals surface area contributed by atoms with Crippen LogP contribution in [0.3, 0.4) is 0 Å². The highest BCUT2D eigenvalue weighted by Gasteiger charge is 2.11. The lowest BCUT2D eigenvalue weighted by atomic mass is 9.91. The van der Waals surface area contributed by atoms with E-state index in [2.05, 4.69) is 6.92 Å². The summed E-state index contributed by atoms with van der Waals surface area (Å²) in [7, 11) is 0. The molecule has 0 aromatic heterocycles. The van der Waals surface area contributed by atoms with Crippen LogP contribution in [0.25, 0.3) is 0 Å². The van der Waals surface area contributed by atoms with E-state index in [1.807, 2.05) is 6.92 Å². The van der Waals surface area contributed by atoms with E-state index in [-0.39, 0.29) is 11.8 Å². The van der Waals surface area contributed by atoms with Crippen LogP contribution in [0.15, 0.2) is 0 Å². The van der Waals surface area contributed by atoms with Crippen molar-refractivity contribution in [3.8, 4) is 0 Å².